The number of aryl methyl sites for hydroxylation is 1. The summed E-state index contributed by atoms with van der Waals surface area (Å²) in [4.78, 5) is 15.1. The minimum Gasteiger partial charge on any atom is -0.275 e. The lowest BCUT2D eigenvalue weighted by Gasteiger charge is -2.19. The molecule has 3 aromatic heterocycles. The largest absolute Gasteiger partial charge is 0.459 e. The number of carbonyl (C=O) groups excluding carboxylic acids is 1. The Morgan fingerprint density at radius 2 is 1.66 bits per heavy atom. The van der Waals surface area contributed by atoms with Crippen LogP contribution >= 0.6 is 23.2 Å². The molecule has 0 saturated heterocycles. The highest BCUT2D eigenvalue weighted by atomic mass is 35.5. The Labute approximate surface area is 182 Å². The van der Waals surface area contributed by atoms with Crippen molar-refractivity contribution in [3.63, 3.8) is 0 Å². The van der Waals surface area contributed by atoms with Crippen LogP contribution < -0.4 is 0 Å². The molecule has 3 aromatic rings. The summed E-state index contributed by atoms with van der Waals surface area (Å²) in [5, 5.41) is 5.16. The van der Waals surface area contributed by atoms with Crippen molar-refractivity contribution in [1.29, 1.82) is 0 Å². The van der Waals surface area contributed by atoms with Crippen molar-refractivity contribution in [2.24, 2.45) is 7.05 Å². The highest BCUT2D eigenvalue weighted by molar-refractivity contribution is 6.68. The molecule has 0 radical (unpaired) electrons. The zero-order chi connectivity index (χ0) is 24.2. The van der Waals surface area contributed by atoms with Crippen LogP contribution in [0.2, 0.25) is 5.15 Å². The molecule has 0 unspecified atom stereocenters. The van der Waals surface area contributed by atoms with E-state index < -0.39 is 40.6 Å². The fourth-order valence-electron chi connectivity index (χ4n) is 2.72. The minimum absolute atomic E-state index is 0.0202. The van der Waals surface area contributed by atoms with Crippen molar-refractivity contribution in [3.8, 4) is 16.9 Å². The second-order valence-corrected chi connectivity index (χ2v) is 6.95. The third-order valence-corrected chi connectivity index (χ3v) is 4.64. The highest BCUT2D eigenvalue weighted by Crippen LogP contribution is 2.49. The average Bonchev–Trinajstić information content (AvgIpc) is 3.25. The van der Waals surface area contributed by atoms with Crippen molar-refractivity contribution in [3.05, 3.63) is 46.6 Å². The third-order valence-electron chi connectivity index (χ3n) is 4.14. The number of alkyl halides is 8. The van der Waals surface area contributed by atoms with Gasteiger partial charge in [0.2, 0.25) is 0 Å². The van der Waals surface area contributed by atoms with Gasteiger partial charge < -0.3 is 0 Å². The van der Waals surface area contributed by atoms with Crippen molar-refractivity contribution in [2.45, 2.75) is 18.3 Å². The summed E-state index contributed by atoms with van der Waals surface area (Å²) in [5.41, 5.74) is -4.95. The molecule has 0 amide bonds. The molecule has 0 bridgehead atoms. The summed E-state index contributed by atoms with van der Waals surface area (Å²) in [7, 11) is 0.746. The van der Waals surface area contributed by atoms with E-state index in [4.69, 9.17) is 23.2 Å². The van der Waals surface area contributed by atoms with Crippen molar-refractivity contribution in [2.75, 3.05) is 0 Å². The number of aromatic nitrogens is 5. The molecule has 0 saturated carbocycles. The molecule has 3 rings (SSSR count). The first-order valence-corrected chi connectivity index (χ1v) is 8.81. The number of halogens is 10. The van der Waals surface area contributed by atoms with E-state index in [1.165, 1.54) is 0 Å². The smallest absolute Gasteiger partial charge is 0.275 e. The summed E-state index contributed by atoms with van der Waals surface area (Å²) in [6, 6.07) is 1.14. The molecule has 0 aliphatic heterocycles. The number of hydrogen-bond acceptors (Lipinski definition) is 4. The summed E-state index contributed by atoms with van der Waals surface area (Å²) in [6.45, 7) is 0. The Morgan fingerprint density at radius 1 is 1.03 bits per heavy atom. The maximum atomic E-state index is 13.8. The SMILES string of the molecule is Cn1nc(C(F)(F)C(F)(F)F)c(C(F)(F)F)c1-n1cc(-c2cnc(Cl)c(C(=O)Cl)c2)cn1. The monoisotopic (exact) mass is 507 g/mol. The van der Waals surface area contributed by atoms with E-state index in [2.05, 4.69) is 15.2 Å². The maximum Gasteiger partial charge on any atom is 0.459 e. The van der Waals surface area contributed by atoms with Crippen LogP contribution in [-0.2, 0) is 19.1 Å². The number of nitrogens with zero attached hydrogens (tertiary/aromatic N) is 5. The Bertz CT molecular complexity index is 1200. The van der Waals surface area contributed by atoms with Crippen molar-refractivity contribution in [1.82, 2.24) is 24.5 Å². The molecule has 6 nitrogen and oxygen atoms in total. The Balaban J connectivity index is 2.20. The summed E-state index contributed by atoms with van der Waals surface area (Å²) >= 11 is 11.1. The molecule has 0 spiro atoms. The standard InChI is InChI=1S/C16H7Cl2F8N5O/c1-30-13(9(15(21,22)23)10(29-30)14(19,20)16(24,25)26)31-5-7(4-28-31)6-2-8(12(18)32)11(17)27-3-6/h2-5H,1H3. The number of hydrogen-bond donors (Lipinski definition) is 0. The van der Waals surface area contributed by atoms with Gasteiger partial charge in [-0.3, -0.25) is 4.79 Å². The van der Waals surface area contributed by atoms with Gasteiger partial charge in [0.1, 0.15) is 10.7 Å². The summed E-state index contributed by atoms with van der Waals surface area (Å²) in [5.74, 6) is -7.09. The molecule has 0 aliphatic rings. The number of pyridine rings is 1. The van der Waals surface area contributed by atoms with E-state index in [0.717, 1.165) is 31.7 Å². The molecule has 3 heterocycles. The molecule has 0 N–H and O–H groups in total. The zero-order valence-electron chi connectivity index (χ0n) is 15.2. The van der Waals surface area contributed by atoms with Crippen LogP contribution in [-0.4, -0.2) is 36.0 Å². The predicted octanol–water partition coefficient (Wildman–Crippen LogP) is 5.37. The van der Waals surface area contributed by atoms with Gasteiger partial charge in [0.05, 0.1) is 11.8 Å². The first-order valence-electron chi connectivity index (χ1n) is 8.05. The normalized spacial score (nSPS) is 13.0. The fraction of sp³-hybridized carbons (Fsp3) is 0.250. The van der Waals surface area contributed by atoms with Gasteiger partial charge in [-0.05, 0) is 17.7 Å². The van der Waals surface area contributed by atoms with Crippen LogP contribution in [0.1, 0.15) is 21.6 Å². The van der Waals surface area contributed by atoms with Gasteiger partial charge in [-0.1, -0.05) is 11.6 Å². The second-order valence-electron chi connectivity index (χ2n) is 6.25. The lowest BCUT2D eigenvalue weighted by Crippen LogP contribution is -2.36. The molecule has 172 valence electrons. The first kappa shape index (κ1) is 23.9. The first-order chi connectivity index (χ1) is 14.6. The number of rotatable bonds is 4. The minimum atomic E-state index is -6.33. The lowest BCUT2D eigenvalue weighted by atomic mass is 10.1. The molecule has 0 fully saturated rings. The van der Waals surface area contributed by atoms with Crippen molar-refractivity contribution >= 4 is 28.4 Å². The lowest BCUT2D eigenvalue weighted by molar-refractivity contribution is -0.292. The van der Waals surface area contributed by atoms with Crippen LogP contribution in [0.5, 0.6) is 0 Å². The Morgan fingerprint density at radius 3 is 2.19 bits per heavy atom. The summed E-state index contributed by atoms with van der Waals surface area (Å²) < 4.78 is 107. The zero-order valence-corrected chi connectivity index (χ0v) is 16.7. The topological polar surface area (TPSA) is 65.6 Å². The maximum absolute atomic E-state index is 13.8. The molecule has 16 heteroatoms. The molecular formula is C16H7Cl2F8N5O. The molecule has 0 atom stereocenters. The van der Waals surface area contributed by atoms with E-state index in [0.29, 0.717) is 4.68 Å². The quantitative estimate of drug-likeness (QED) is 0.270. The van der Waals surface area contributed by atoms with E-state index in [1.807, 2.05) is 0 Å². The van der Waals surface area contributed by atoms with Crippen LogP contribution in [0, 0.1) is 0 Å². The third kappa shape index (κ3) is 4.03. The van der Waals surface area contributed by atoms with Gasteiger partial charge in [-0.25, -0.2) is 14.3 Å². The van der Waals surface area contributed by atoms with Gasteiger partial charge in [-0.2, -0.15) is 45.3 Å². The fourth-order valence-corrected chi connectivity index (χ4v) is 3.11. The molecule has 0 aliphatic carbocycles. The van der Waals surface area contributed by atoms with Crippen LogP contribution in [0.3, 0.4) is 0 Å². The van der Waals surface area contributed by atoms with E-state index in [9.17, 15) is 39.9 Å². The predicted molar refractivity (Wildman–Crippen MR) is 93.7 cm³/mol. The Hall–Kier alpha value is -2.74. The van der Waals surface area contributed by atoms with Crippen LogP contribution in [0.25, 0.3) is 16.9 Å². The molecule has 32 heavy (non-hydrogen) atoms. The van der Waals surface area contributed by atoms with Gasteiger partial charge in [0.25, 0.3) is 5.24 Å². The van der Waals surface area contributed by atoms with Gasteiger partial charge in [-0.15, -0.1) is 0 Å². The van der Waals surface area contributed by atoms with Gasteiger partial charge in [0, 0.05) is 30.6 Å². The van der Waals surface area contributed by atoms with E-state index in [1.54, 1.807) is 0 Å². The van der Waals surface area contributed by atoms with Crippen molar-refractivity contribution < 1.29 is 39.9 Å². The molecular weight excluding hydrogens is 501 g/mol. The van der Waals surface area contributed by atoms with Crippen LogP contribution in [0.15, 0.2) is 24.7 Å². The molecule has 0 aromatic carbocycles. The summed E-state index contributed by atoms with van der Waals surface area (Å²) in [6.07, 6.45) is -9.01. The van der Waals surface area contributed by atoms with Gasteiger partial charge >= 0.3 is 18.3 Å². The highest BCUT2D eigenvalue weighted by Gasteiger charge is 2.64. The number of carbonyl (C=O) groups is 1. The average molecular weight is 508 g/mol. The Kier molecular flexibility index (Phi) is 5.75. The second kappa shape index (κ2) is 7.69. The van der Waals surface area contributed by atoms with Gasteiger partial charge in [0.15, 0.2) is 11.5 Å². The van der Waals surface area contributed by atoms with E-state index in [-0.39, 0.29) is 26.5 Å². The van der Waals surface area contributed by atoms with E-state index >= 15 is 0 Å². The van der Waals surface area contributed by atoms with Crippen LogP contribution in [0.4, 0.5) is 35.1 Å².